The number of hydrogen-bond acceptors (Lipinski definition) is 5. The van der Waals surface area contributed by atoms with Crippen LogP contribution in [0.3, 0.4) is 0 Å². The lowest BCUT2D eigenvalue weighted by Crippen LogP contribution is -2.33. The molecule has 0 unspecified atom stereocenters. The summed E-state index contributed by atoms with van der Waals surface area (Å²) >= 11 is 0. The van der Waals surface area contributed by atoms with Gasteiger partial charge in [0.25, 0.3) is 0 Å². The highest BCUT2D eigenvalue weighted by molar-refractivity contribution is 5.88. The summed E-state index contributed by atoms with van der Waals surface area (Å²) in [4.78, 5) is 24.4. The highest BCUT2D eigenvalue weighted by Gasteiger charge is 2.28. The molecule has 1 aliphatic heterocycles. The third-order valence-corrected chi connectivity index (χ3v) is 4.98. The molecule has 27 heavy (non-hydrogen) atoms. The number of unbranched alkanes of at least 4 members (excludes halogenated alkanes) is 1. The zero-order chi connectivity index (χ0) is 19.1. The van der Waals surface area contributed by atoms with E-state index in [9.17, 15) is 10.1 Å². The van der Waals surface area contributed by atoms with Crippen molar-refractivity contribution < 1.29 is 4.79 Å². The van der Waals surface area contributed by atoms with Gasteiger partial charge in [-0.25, -0.2) is 9.97 Å². The van der Waals surface area contributed by atoms with E-state index in [4.69, 9.17) is 9.97 Å². The van der Waals surface area contributed by atoms with E-state index >= 15 is 0 Å². The molecule has 0 spiro atoms. The first-order chi connectivity index (χ1) is 13.2. The van der Waals surface area contributed by atoms with Crippen molar-refractivity contribution >= 4 is 22.8 Å². The number of aromatic nitrogens is 2. The second kappa shape index (κ2) is 9.31. The number of amides is 1. The number of carbonyl (C=O) groups excluding carboxylic acids is 1. The van der Waals surface area contributed by atoms with Crippen LogP contribution in [0.4, 0.5) is 5.82 Å². The SMILES string of the molecule is CCCCNC(=O)[C@H](C#N)c1nc2ccccc2nc1N1CCCCCC1. The van der Waals surface area contributed by atoms with E-state index in [1.807, 2.05) is 24.3 Å². The molecule has 142 valence electrons. The topological polar surface area (TPSA) is 81.9 Å². The first-order valence-electron chi connectivity index (χ1n) is 9.93. The molecule has 1 atom stereocenters. The molecule has 1 fully saturated rings. The van der Waals surface area contributed by atoms with Crippen LogP contribution >= 0.6 is 0 Å². The Morgan fingerprint density at radius 3 is 2.48 bits per heavy atom. The summed E-state index contributed by atoms with van der Waals surface area (Å²) in [6.07, 6.45) is 6.47. The maximum atomic E-state index is 12.7. The summed E-state index contributed by atoms with van der Waals surface area (Å²) in [7, 11) is 0. The third kappa shape index (κ3) is 4.54. The molecular formula is C21H27N5O. The predicted octanol–water partition coefficient (Wildman–Crippen LogP) is 3.53. The molecule has 1 aromatic heterocycles. The molecule has 1 aromatic carbocycles. The Kier molecular flexibility index (Phi) is 6.59. The van der Waals surface area contributed by atoms with Crippen LogP contribution in [-0.4, -0.2) is 35.5 Å². The largest absolute Gasteiger partial charge is 0.355 e. The van der Waals surface area contributed by atoms with E-state index in [2.05, 4.69) is 23.2 Å². The average molecular weight is 365 g/mol. The molecule has 1 aliphatic rings. The quantitative estimate of drug-likeness (QED) is 0.792. The number of carbonyl (C=O) groups is 1. The van der Waals surface area contributed by atoms with Crippen molar-refractivity contribution in [3.63, 3.8) is 0 Å². The van der Waals surface area contributed by atoms with Crippen LogP contribution in [0.15, 0.2) is 24.3 Å². The molecule has 2 aromatic rings. The zero-order valence-corrected chi connectivity index (χ0v) is 15.9. The fourth-order valence-corrected chi connectivity index (χ4v) is 3.45. The van der Waals surface area contributed by atoms with Crippen LogP contribution in [0.5, 0.6) is 0 Å². The molecule has 0 bridgehead atoms. The van der Waals surface area contributed by atoms with Crippen LogP contribution in [0, 0.1) is 11.3 Å². The van der Waals surface area contributed by atoms with Crippen molar-refractivity contribution in [2.45, 2.75) is 51.4 Å². The zero-order valence-electron chi connectivity index (χ0n) is 15.9. The molecule has 3 rings (SSSR count). The fourth-order valence-electron chi connectivity index (χ4n) is 3.45. The van der Waals surface area contributed by atoms with E-state index in [0.29, 0.717) is 23.6 Å². The number of rotatable bonds is 6. The van der Waals surface area contributed by atoms with E-state index in [-0.39, 0.29) is 5.91 Å². The van der Waals surface area contributed by atoms with Gasteiger partial charge in [-0.05, 0) is 31.4 Å². The van der Waals surface area contributed by atoms with Gasteiger partial charge in [0, 0.05) is 19.6 Å². The van der Waals surface area contributed by atoms with Crippen LogP contribution in [0.2, 0.25) is 0 Å². The van der Waals surface area contributed by atoms with Crippen molar-refractivity contribution in [2.24, 2.45) is 0 Å². The number of anilines is 1. The molecule has 1 saturated heterocycles. The van der Waals surface area contributed by atoms with Crippen LogP contribution in [-0.2, 0) is 4.79 Å². The second-order valence-electron chi connectivity index (χ2n) is 7.03. The van der Waals surface area contributed by atoms with Gasteiger partial charge in [-0.1, -0.05) is 38.3 Å². The van der Waals surface area contributed by atoms with Gasteiger partial charge in [0.1, 0.15) is 5.69 Å². The molecule has 6 nitrogen and oxygen atoms in total. The third-order valence-electron chi connectivity index (χ3n) is 4.98. The minimum absolute atomic E-state index is 0.286. The molecule has 1 amide bonds. The summed E-state index contributed by atoms with van der Waals surface area (Å²) in [5.41, 5.74) is 1.99. The van der Waals surface area contributed by atoms with Gasteiger partial charge in [-0.2, -0.15) is 5.26 Å². The molecule has 6 heteroatoms. The summed E-state index contributed by atoms with van der Waals surface area (Å²) in [5.74, 6) is -0.545. The van der Waals surface area contributed by atoms with Crippen LogP contribution in [0.25, 0.3) is 11.0 Å². The Balaban J connectivity index is 2.01. The minimum atomic E-state index is -0.947. The number of para-hydroxylation sites is 2. The number of nitrogens with one attached hydrogen (secondary N) is 1. The first-order valence-corrected chi connectivity index (χ1v) is 9.93. The van der Waals surface area contributed by atoms with Gasteiger partial charge in [-0.3, -0.25) is 4.79 Å². The average Bonchev–Trinajstić information content (AvgIpc) is 2.97. The van der Waals surface area contributed by atoms with Gasteiger partial charge < -0.3 is 10.2 Å². The van der Waals surface area contributed by atoms with Crippen molar-refractivity contribution in [3.8, 4) is 6.07 Å². The maximum Gasteiger partial charge on any atom is 0.243 e. The summed E-state index contributed by atoms with van der Waals surface area (Å²) in [6.45, 7) is 4.42. The molecule has 0 saturated carbocycles. The van der Waals surface area contributed by atoms with Crippen molar-refractivity contribution in [3.05, 3.63) is 30.0 Å². The van der Waals surface area contributed by atoms with Gasteiger partial charge in [0.2, 0.25) is 5.91 Å². The Bertz CT molecular complexity index is 821. The number of nitrogens with zero attached hydrogens (tertiary/aromatic N) is 4. The standard InChI is InChI=1S/C21H27N5O/c1-2-3-12-23-21(27)16(15-22)19-20(26-13-8-4-5-9-14-26)25-18-11-7-6-10-17(18)24-19/h6-7,10-11,16H,2-5,8-9,12-14H2,1H3,(H,23,27)/t16-/m1/s1. The van der Waals surface area contributed by atoms with Crippen molar-refractivity contribution in [2.75, 3.05) is 24.5 Å². The summed E-state index contributed by atoms with van der Waals surface area (Å²) < 4.78 is 0. The number of hydrogen-bond donors (Lipinski definition) is 1. The molecule has 2 heterocycles. The Hall–Kier alpha value is -2.68. The number of fused-ring (bicyclic) bond motifs is 1. The highest BCUT2D eigenvalue weighted by Crippen LogP contribution is 2.29. The van der Waals surface area contributed by atoms with E-state index < -0.39 is 5.92 Å². The lowest BCUT2D eigenvalue weighted by Gasteiger charge is -2.25. The highest BCUT2D eigenvalue weighted by atomic mass is 16.1. The van der Waals surface area contributed by atoms with Crippen LogP contribution < -0.4 is 10.2 Å². The Labute approximate surface area is 160 Å². The Morgan fingerprint density at radius 1 is 1.19 bits per heavy atom. The lowest BCUT2D eigenvalue weighted by atomic mass is 10.0. The molecule has 0 radical (unpaired) electrons. The van der Waals surface area contributed by atoms with Gasteiger partial charge in [-0.15, -0.1) is 0 Å². The van der Waals surface area contributed by atoms with Gasteiger partial charge in [0.05, 0.1) is 17.1 Å². The van der Waals surface area contributed by atoms with Crippen LogP contribution in [0.1, 0.15) is 57.1 Å². The van der Waals surface area contributed by atoms with E-state index in [1.54, 1.807) is 0 Å². The van der Waals surface area contributed by atoms with E-state index in [1.165, 1.54) is 12.8 Å². The summed E-state index contributed by atoms with van der Waals surface area (Å²) in [6, 6.07) is 9.80. The Morgan fingerprint density at radius 2 is 1.85 bits per heavy atom. The lowest BCUT2D eigenvalue weighted by molar-refractivity contribution is -0.121. The molecule has 1 N–H and O–H groups in total. The van der Waals surface area contributed by atoms with Gasteiger partial charge >= 0.3 is 0 Å². The van der Waals surface area contributed by atoms with Gasteiger partial charge in [0.15, 0.2) is 11.7 Å². The van der Waals surface area contributed by atoms with Crippen molar-refractivity contribution in [1.82, 2.24) is 15.3 Å². The summed E-state index contributed by atoms with van der Waals surface area (Å²) in [5, 5.41) is 12.6. The van der Waals surface area contributed by atoms with Crippen molar-refractivity contribution in [1.29, 1.82) is 5.26 Å². The molecular weight excluding hydrogens is 338 g/mol. The predicted molar refractivity (Wildman–Crippen MR) is 106 cm³/mol. The maximum absolute atomic E-state index is 12.7. The second-order valence-corrected chi connectivity index (χ2v) is 7.03. The smallest absolute Gasteiger partial charge is 0.243 e. The van der Waals surface area contributed by atoms with E-state index in [0.717, 1.165) is 44.3 Å². The fraction of sp³-hybridized carbons (Fsp3) is 0.524. The normalized spacial score (nSPS) is 15.8. The number of nitriles is 1. The molecule has 0 aliphatic carbocycles. The number of benzene rings is 1. The minimum Gasteiger partial charge on any atom is -0.355 e. The first kappa shape index (κ1) is 19.1. The monoisotopic (exact) mass is 365 g/mol.